The molecule has 2 N–H and O–H groups in total. The van der Waals surface area contributed by atoms with E-state index in [9.17, 15) is 4.79 Å². The maximum absolute atomic E-state index is 11.8. The number of benzene rings is 1. The van der Waals surface area contributed by atoms with Crippen LogP contribution in [0.4, 0.5) is 5.69 Å². The molecule has 0 radical (unpaired) electrons. The van der Waals surface area contributed by atoms with Crippen LogP contribution in [-0.4, -0.2) is 19.1 Å². The van der Waals surface area contributed by atoms with Gasteiger partial charge in [0, 0.05) is 11.9 Å². The van der Waals surface area contributed by atoms with Crippen LogP contribution >= 0.6 is 0 Å². The monoisotopic (exact) mass is 254 g/mol. The first-order chi connectivity index (χ1) is 9.24. The molecule has 1 amide bonds. The lowest BCUT2D eigenvalue weighted by Crippen LogP contribution is -2.24. The third-order valence-electron chi connectivity index (χ3n) is 2.49. The van der Waals surface area contributed by atoms with Gasteiger partial charge in [-0.1, -0.05) is 0 Å². The molecule has 1 aliphatic heterocycles. The minimum atomic E-state index is -0.207. The van der Waals surface area contributed by atoms with Crippen LogP contribution in [0, 0.1) is 22.7 Å². The molecule has 0 aromatic heterocycles. The van der Waals surface area contributed by atoms with Crippen molar-refractivity contribution in [3.8, 4) is 17.9 Å². The fourth-order valence-corrected chi connectivity index (χ4v) is 1.59. The molecule has 0 bridgehead atoms. The van der Waals surface area contributed by atoms with Gasteiger partial charge in [0.1, 0.15) is 30.1 Å². The lowest BCUT2D eigenvalue weighted by Gasteiger charge is -2.07. The van der Waals surface area contributed by atoms with Crippen molar-refractivity contribution in [2.24, 2.45) is 0 Å². The number of ether oxygens (including phenoxy) is 1. The molecule has 1 aliphatic rings. The Bertz CT molecular complexity index is 607. The van der Waals surface area contributed by atoms with Crippen LogP contribution in [0.3, 0.4) is 0 Å². The SMILES string of the molecule is N#CC(C#N)=CNc1ccc2c(c1)C(=O)NCCO2. The van der Waals surface area contributed by atoms with Crippen molar-refractivity contribution in [3.05, 3.63) is 35.5 Å². The standard InChI is InChI=1S/C13H10N4O2/c14-6-9(7-15)8-17-10-1-2-12-11(5-10)13(18)16-3-4-19-12/h1-2,5,8,17H,3-4H2,(H,16,18). The Hall–Kier alpha value is -2.99. The normalized spacial score (nSPS) is 12.6. The maximum atomic E-state index is 11.8. The number of nitrogens with zero attached hydrogens (tertiary/aromatic N) is 2. The van der Waals surface area contributed by atoms with Crippen molar-refractivity contribution >= 4 is 11.6 Å². The second-order valence-corrected chi connectivity index (χ2v) is 3.74. The molecule has 0 atom stereocenters. The summed E-state index contributed by atoms with van der Waals surface area (Å²) in [6.45, 7) is 0.890. The molecule has 1 aromatic rings. The highest BCUT2D eigenvalue weighted by atomic mass is 16.5. The summed E-state index contributed by atoms with van der Waals surface area (Å²) < 4.78 is 5.41. The van der Waals surface area contributed by atoms with Gasteiger partial charge in [-0.15, -0.1) is 0 Å². The molecular weight excluding hydrogens is 244 g/mol. The van der Waals surface area contributed by atoms with E-state index in [4.69, 9.17) is 15.3 Å². The molecule has 1 aromatic carbocycles. The predicted molar refractivity (Wildman–Crippen MR) is 67.2 cm³/mol. The molecule has 6 nitrogen and oxygen atoms in total. The number of rotatable bonds is 2. The first kappa shape index (κ1) is 12.5. The Kier molecular flexibility index (Phi) is 3.65. The molecule has 0 saturated carbocycles. The topological polar surface area (TPSA) is 97.9 Å². The minimum absolute atomic E-state index is 0.0457. The molecule has 0 spiro atoms. The van der Waals surface area contributed by atoms with Crippen LogP contribution < -0.4 is 15.4 Å². The van der Waals surface area contributed by atoms with E-state index in [1.54, 1.807) is 30.3 Å². The number of hydrogen-bond acceptors (Lipinski definition) is 5. The van der Waals surface area contributed by atoms with E-state index in [1.807, 2.05) is 0 Å². The largest absolute Gasteiger partial charge is 0.491 e. The fraction of sp³-hybridized carbons (Fsp3) is 0.154. The average Bonchev–Trinajstić information content (AvgIpc) is 2.62. The number of hydrogen-bond donors (Lipinski definition) is 2. The van der Waals surface area contributed by atoms with Crippen LogP contribution in [0.15, 0.2) is 30.0 Å². The van der Waals surface area contributed by atoms with Crippen LogP contribution in [0.25, 0.3) is 0 Å². The van der Waals surface area contributed by atoms with E-state index in [0.717, 1.165) is 0 Å². The molecule has 0 aliphatic carbocycles. The van der Waals surface area contributed by atoms with Crippen LogP contribution in [-0.2, 0) is 0 Å². The number of carbonyl (C=O) groups excluding carboxylic acids is 1. The second kappa shape index (κ2) is 5.56. The van der Waals surface area contributed by atoms with Gasteiger partial charge in [0.15, 0.2) is 0 Å². The Morgan fingerprint density at radius 2 is 2.21 bits per heavy atom. The van der Waals surface area contributed by atoms with Crippen molar-refractivity contribution in [2.75, 3.05) is 18.5 Å². The zero-order chi connectivity index (χ0) is 13.7. The quantitative estimate of drug-likeness (QED) is 0.771. The summed E-state index contributed by atoms with van der Waals surface area (Å²) in [6, 6.07) is 8.47. The zero-order valence-corrected chi connectivity index (χ0v) is 9.93. The summed E-state index contributed by atoms with van der Waals surface area (Å²) in [5.74, 6) is 0.311. The molecule has 0 fully saturated rings. The fourth-order valence-electron chi connectivity index (χ4n) is 1.59. The summed E-state index contributed by atoms with van der Waals surface area (Å²) >= 11 is 0. The Morgan fingerprint density at radius 3 is 2.95 bits per heavy atom. The van der Waals surface area contributed by atoms with Gasteiger partial charge in [-0.2, -0.15) is 10.5 Å². The summed E-state index contributed by atoms with van der Waals surface area (Å²) in [5, 5.41) is 22.7. The Labute approximate surface area is 109 Å². The van der Waals surface area contributed by atoms with Crippen LogP contribution in [0.2, 0.25) is 0 Å². The molecule has 2 rings (SSSR count). The smallest absolute Gasteiger partial charge is 0.255 e. The van der Waals surface area contributed by atoms with Gasteiger partial charge in [-0.05, 0) is 18.2 Å². The molecule has 1 heterocycles. The number of amides is 1. The molecular formula is C13H10N4O2. The van der Waals surface area contributed by atoms with Gasteiger partial charge in [-0.3, -0.25) is 4.79 Å². The Balaban J connectivity index is 2.26. The van der Waals surface area contributed by atoms with Gasteiger partial charge in [-0.25, -0.2) is 0 Å². The first-order valence-corrected chi connectivity index (χ1v) is 5.56. The number of allylic oxidation sites excluding steroid dienone is 1. The van der Waals surface area contributed by atoms with E-state index >= 15 is 0 Å². The third kappa shape index (κ3) is 2.82. The predicted octanol–water partition coefficient (Wildman–Crippen LogP) is 1.15. The summed E-state index contributed by atoms with van der Waals surface area (Å²) in [4.78, 5) is 11.8. The highest BCUT2D eigenvalue weighted by Crippen LogP contribution is 2.24. The lowest BCUT2D eigenvalue weighted by atomic mass is 10.1. The number of anilines is 1. The molecule has 94 valence electrons. The van der Waals surface area contributed by atoms with E-state index in [-0.39, 0.29) is 11.5 Å². The van der Waals surface area contributed by atoms with E-state index in [2.05, 4.69) is 10.6 Å². The van der Waals surface area contributed by atoms with Crippen molar-refractivity contribution in [1.29, 1.82) is 10.5 Å². The van der Waals surface area contributed by atoms with Crippen molar-refractivity contribution in [1.82, 2.24) is 5.32 Å². The molecule has 0 saturated heterocycles. The summed E-state index contributed by atoms with van der Waals surface area (Å²) in [5.41, 5.74) is 0.976. The minimum Gasteiger partial charge on any atom is -0.491 e. The molecule has 19 heavy (non-hydrogen) atoms. The molecule has 0 unspecified atom stereocenters. The summed E-state index contributed by atoms with van der Waals surface area (Å²) in [7, 11) is 0. The van der Waals surface area contributed by atoms with E-state index < -0.39 is 0 Å². The highest BCUT2D eigenvalue weighted by Gasteiger charge is 2.16. The van der Waals surface area contributed by atoms with Crippen LogP contribution in [0.5, 0.6) is 5.75 Å². The highest BCUT2D eigenvalue weighted by molar-refractivity contribution is 5.98. The maximum Gasteiger partial charge on any atom is 0.255 e. The molecule has 6 heteroatoms. The summed E-state index contributed by atoms with van der Waals surface area (Å²) in [6.07, 6.45) is 1.29. The van der Waals surface area contributed by atoms with Gasteiger partial charge >= 0.3 is 0 Å². The second-order valence-electron chi connectivity index (χ2n) is 3.74. The number of nitrogens with one attached hydrogen (secondary N) is 2. The number of carbonyl (C=O) groups is 1. The number of fused-ring (bicyclic) bond motifs is 1. The third-order valence-corrected chi connectivity index (χ3v) is 2.49. The average molecular weight is 254 g/mol. The van der Waals surface area contributed by atoms with Gasteiger partial charge in [0.25, 0.3) is 5.91 Å². The van der Waals surface area contributed by atoms with Crippen molar-refractivity contribution < 1.29 is 9.53 Å². The van der Waals surface area contributed by atoms with Gasteiger partial charge in [0.05, 0.1) is 12.1 Å². The van der Waals surface area contributed by atoms with E-state index in [0.29, 0.717) is 30.2 Å². The van der Waals surface area contributed by atoms with Crippen molar-refractivity contribution in [2.45, 2.75) is 0 Å². The number of nitriles is 2. The zero-order valence-electron chi connectivity index (χ0n) is 9.93. The van der Waals surface area contributed by atoms with Gasteiger partial charge in [0.2, 0.25) is 0 Å². The van der Waals surface area contributed by atoms with E-state index in [1.165, 1.54) is 6.20 Å². The van der Waals surface area contributed by atoms with Crippen LogP contribution in [0.1, 0.15) is 10.4 Å². The lowest BCUT2D eigenvalue weighted by molar-refractivity contribution is 0.0957. The van der Waals surface area contributed by atoms with Crippen molar-refractivity contribution in [3.63, 3.8) is 0 Å². The van der Waals surface area contributed by atoms with Gasteiger partial charge < -0.3 is 15.4 Å². The first-order valence-electron chi connectivity index (χ1n) is 5.56. The Morgan fingerprint density at radius 1 is 1.42 bits per heavy atom.